The Morgan fingerprint density at radius 3 is 2.30 bits per heavy atom. The maximum atomic E-state index is 12.8. The quantitative estimate of drug-likeness (QED) is 0.672. The van der Waals surface area contributed by atoms with Gasteiger partial charge in [-0.25, -0.2) is 22.2 Å². The van der Waals surface area contributed by atoms with Crippen molar-refractivity contribution in [1.82, 2.24) is 4.98 Å². The molecular weight excluding hydrogens is 335 g/mol. The van der Waals surface area contributed by atoms with Gasteiger partial charge in [0.25, 0.3) is 15.5 Å². The molecule has 0 aromatic carbocycles. The number of nitrogens with two attached hydrogens (primary N) is 1. The molecule has 0 aliphatic heterocycles. The van der Waals surface area contributed by atoms with E-state index in [0.717, 1.165) is 0 Å². The molecule has 1 aromatic heterocycles. The number of alkyl halides is 5. The zero-order chi connectivity index (χ0) is 15.7. The summed E-state index contributed by atoms with van der Waals surface area (Å²) in [5.41, 5.74) is 3.06. The largest absolute Gasteiger partial charge is 0.573 e. The molecule has 0 atom stereocenters. The fourth-order valence-corrected chi connectivity index (χ4v) is 1.98. The van der Waals surface area contributed by atoms with Crippen molar-refractivity contribution < 1.29 is 35.1 Å². The molecule has 1 aromatic rings. The van der Waals surface area contributed by atoms with Crippen LogP contribution in [0.15, 0.2) is 11.1 Å². The van der Waals surface area contributed by atoms with E-state index >= 15 is 0 Å². The van der Waals surface area contributed by atoms with Gasteiger partial charge < -0.3 is 10.5 Å². The van der Waals surface area contributed by atoms with Gasteiger partial charge in [0.2, 0.25) is 0 Å². The van der Waals surface area contributed by atoms with Crippen LogP contribution in [-0.2, 0) is 15.6 Å². The number of ether oxygens (including phenoxy) is 1. The van der Waals surface area contributed by atoms with Gasteiger partial charge in [-0.05, 0) is 0 Å². The summed E-state index contributed by atoms with van der Waals surface area (Å²) in [5, 5.41) is -1.07. The van der Waals surface area contributed by atoms with Crippen molar-refractivity contribution in [3.63, 3.8) is 0 Å². The normalized spacial score (nSPS) is 12.8. The van der Waals surface area contributed by atoms with Crippen LogP contribution >= 0.6 is 10.7 Å². The maximum absolute atomic E-state index is 12.8. The number of hydrogen-bond acceptors (Lipinski definition) is 5. The van der Waals surface area contributed by atoms with E-state index in [9.17, 15) is 30.4 Å². The Labute approximate surface area is 113 Å². The first-order chi connectivity index (χ1) is 8.95. The Morgan fingerprint density at radius 1 is 1.40 bits per heavy atom. The zero-order valence-electron chi connectivity index (χ0n) is 9.29. The van der Waals surface area contributed by atoms with Crippen LogP contribution < -0.4 is 10.5 Å². The van der Waals surface area contributed by atoms with Gasteiger partial charge in [-0.2, -0.15) is 0 Å². The van der Waals surface area contributed by atoms with Gasteiger partial charge in [-0.1, -0.05) is 0 Å². The Balaban J connectivity index is 3.58. The number of pyridine rings is 1. The van der Waals surface area contributed by atoms with Crippen LogP contribution in [-0.4, -0.2) is 19.8 Å². The summed E-state index contributed by atoms with van der Waals surface area (Å²) in [6.45, 7) is -0.728. The summed E-state index contributed by atoms with van der Waals surface area (Å²) < 4.78 is 87.4. The highest BCUT2D eigenvalue weighted by atomic mass is 35.7. The van der Waals surface area contributed by atoms with E-state index in [-0.39, 0.29) is 6.07 Å². The molecule has 20 heavy (non-hydrogen) atoms. The molecule has 0 spiro atoms. The van der Waals surface area contributed by atoms with Crippen molar-refractivity contribution in [1.29, 1.82) is 0 Å². The minimum atomic E-state index is -5.30. The van der Waals surface area contributed by atoms with Crippen molar-refractivity contribution >= 4 is 19.7 Å². The lowest BCUT2D eigenvalue weighted by Crippen LogP contribution is -2.20. The maximum Gasteiger partial charge on any atom is 0.573 e. The predicted octanol–water partition coefficient (Wildman–Crippen LogP) is 2.30. The summed E-state index contributed by atoms with van der Waals surface area (Å²) in [4.78, 5) is 3.20. The first kappa shape index (κ1) is 16.9. The Bertz CT molecular complexity index is 605. The molecule has 0 fully saturated rings. The van der Waals surface area contributed by atoms with E-state index in [2.05, 4.69) is 9.72 Å². The molecular formula is C8H6ClF5N2O3S. The van der Waals surface area contributed by atoms with Crippen molar-refractivity contribution in [2.24, 2.45) is 5.73 Å². The van der Waals surface area contributed by atoms with E-state index in [1.54, 1.807) is 0 Å². The third kappa shape index (κ3) is 4.15. The SMILES string of the molecule is NCc1nc(S(=O)(=O)Cl)cc(OC(F)(F)F)c1C(F)F. The fraction of sp³-hybridized carbons (Fsp3) is 0.375. The predicted molar refractivity (Wildman–Crippen MR) is 56.8 cm³/mol. The minimum absolute atomic E-state index is 0.163. The van der Waals surface area contributed by atoms with Crippen molar-refractivity contribution in [3.05, 3.63) is 17.3 Å². The summed E-state index contributed by atoms with van der Waals surface area (Å²) >= 11 is 0. The number of nitrogens with zero attached hydrogens (tertiary/aromatic N) is 1. The van der Waals surface area contributed by atoms with Gasteiger partial charge in [0.1, 0.15) is 5.75 Å². The summed E-state index contributed by atoms with van der Waals surface area (Å²) in [5.74, 6) is -1.41. The average Bonchev–Trinajstić information content (AvgIpc) is 2.23. The topological polar surface area (TPSA) is 82.3 Å². The standard InChI is InChI=1S/C8H6ClF5N2O3S/c9-20(17,18)5-1-4(19-8(12,13)14)6(7(10)11)3(2-15)16-5/h1,7H,2,15H2. The molecule has 0 aliphatic carbocycles. The summed E-state index contributed by atoms with van der Waals surface area (Å²) in [6, 6.07) is 0.163. The Morgan fingerprint density at radius 2 is 1.95 bits per heavy atom. The number of hydrogen-bond donors (Lipinski definition) is 1. The molecule has 1 heterocycles. The minimum Gasteiger partial charge on any atom is -0.405 e. The molecule has 0 unspecified atom stereocenters. The Kier molecular flexibility index (Phi) is 4.77. The highest BCUT2D eigenvalue weighted by Gasteiger charge is 2.35. The van der Waals surface area contributed by atoms with Gasteiger partial charge in [0.05, 0.1) is 11.3 Å². The van der Waals surface area contributed by atoms with E-state index in [4.69, 9.17) is 16.4 Å². The first-order valence-corrected chi connectivity index (χ1v) is 6.99. The lowest BCUT2D eigenvalue weighted by atomic mass is 10.2. The van der Waals surface area contributed by atoms with Gasteiger partial charge in [0.15, 0.2) is 5.03 Å². The van der Waals surface area contributed by atoms with Crippen LogP contribution in [0.1, 0.15) is 17.7 Å². The second-order valence-electron chi connectivity index (χ2n) is 3.31. The lowest BCUT2D eigenvalue weighted by molar-refractivity contribution is -0.275. The number of halogens is 6. The zero-order valence-corrected chi connectivity index (χ0v) is 10.9. The average molecular weight is 341 g/mol. The molecule has 1 rings (SSSR count). The molecule has 0 amide bonds. The molecule has 0 aliphatic rings. The second-order valence-corrected chi connectivity index (χ2v) is 5.82. The molecule has 114 valence electrons. The van der Waals surface area contributed by atoms with E-state index in [1.807, 2.05) is 0 Å². The molecule has 0 saturated carbocycles. The van der Waals surface area contributed by atoms with Gasteiger partial charge in [-0.15, -0.1) is 13.2 Å². The highest BCUT2D eigenvalue weighted by Crippen LogP contribution is 2.36. The number of aromatic nitrogens is 1. The van der Waals surface area contributed by atoms with Gasteiger partial charge in [0, 0.05) is 23.3 Å². The monoisotopic (exact) mass is 340 g/mol. The van der Waals surface area contributed by atoms with Crippen molar-refractivity contribution in [2.45, 2.75) is 24.4 Å². The third-order valence-electron chi connectivity index (χ3n) is 1.96. The number of rotatable bonds is 4. The molecule has 12 heteroatoms. The van der Waals surface area contributed by atoms with Crippen LogP contribution in [0.25, 0.3) is 0 Å². The van der Waals surface area contributed by atoms with E-state index < -0.39 is 50.4 Å². The van der Waals surface area contributed by atoms with Crippen molar-refractivity contribution in [2.75, 3.05) is 0 Å². The van der Waals surface area contributed by atoms with Gasteiger partial charge >= 0.3 is 6.36 Å². The van der Waals surface area contributed by atoms with E-state index in [0.29, 0.717) is 0 Å². The summed E-state index contributed by atoms with van der Waals surface area (Å²) in [7, 11) is 0.365. The summed E-state index contributed by atoms with van der Waals surface area (Å²) in [6.07, 6.45) is -8.70. The lowest BCUT2D eigenvalue weighted by Gasteiger charge is -2.16. The van der Waals surface area contributed by atoms with Crippen LogP contribution in [0, 0.1) is 0 Å². The van der Waals surface area contributed by atoms with Crippen molar-refractivity contribution in [3.8, 4) is 5.75 Å². The van der Waals surface area contributed by atoms with E-state index in [1.165, 1.54) is 0 Å². The molecule has 5 nitrogen and oxygen atoms in total. The molecule has 0 bridgehead atoms. The Hall–Kier alpha value is -1.20. The second kappa shape index (κ2) is 5.66. The van der Waals surface area contributed by atoms with Gasteiger partial charge in [-0.3, -0.25) is 0 Å². The smallest absolute Gasteiger partial charge is 0.405 e. The molecule has 0 radical (unpaired) electrons. The fourth-order valence-electron chi connectivity index (χ4n) is 1.28. The first-order valence-electron chi connectivity index (χ1n) is 4.68. The molecule has 2 N–H and O–H groups in total. The highest BCUT2D eigenvalue weighted by molar-refractivity contribution is 8.13. The van der Waals surface area contributed by atoms with Crippen LogP contribution in [0.2, 0.25) is 0 Å². The van der Waals surface area contributed by atoms with Crippen LogP contribution in [0.5, 0.6) is 5.75 Å². The molecule has 0 saturated heterocycles. The van der Waals surface area contributed by atoms with Crippen LogP contribution in [0.4, 0.5) is 22.0 Å². The van der Waals surface area contributed by atoms with Crippen LogP contribution in [0.3, 0.4) is 0 Å². The third-order valence-corrected chi connectivity index (χ3v) is 3.15.